The molecule has 0 aliphatic carbocycles. The van der Waals surface area contributed by atoms with E-state index < -0.39 is 0 Å². The molecule has 0 unspecified atom stereocenters. The summed E-state index contributed by atoms with van der Waals surface area (Å²) in [6, 6.07) is 5.03. The largest absolute Gasteiger partial charge is 0.423 e. The molecule has 1 saturated heterocycles. The van der Waals surface area contributed by atoms with E-state index in [1.165, 1.54) is 25.9 Å². The molecule has 3 rings (SSSR count). The lowest BCUT2D eigenvalue weighted by Gasteiger charge is -2.29. The fraction of sp³-hybridized carbons (Fsp3) is 0.556. The molecular formula is C18H24ClN3O3. The Hall–Kier alpha value is -1.79. The molecule has 6 nitrogen and oxygen atoms in total. The van der Waals surface area contributed by atoms with Crippen LogP contribution in [-0.2, 0) is 9.59 Å². The Morgan fingerprint density at radius 3 is 2.84 bits per heavy atom. The summed E-state index contributed by atoms with van der Waals surface area (Å²) in [5.41, 5.74) is 0.677. The molecule has 0 bridgehead atoms. The highest BCUT2D eigenvalue weighted by Crippen LogP contribution is 2.34. The first-order valence-electron chi connectivity index (χ1n) is 8.86. The van der Waals surface area contributed by atoms with Crippen LogP contribution in [0, 0.1) is 0 Å². The fourth-order valence-corrected chi connectivity index (χ4v) is 3.45. The highest BCUT2D eigenvalue weighted by Gasteiger charge is 2.25. The van der Waals surface area contributed by atoms with Crippen molar-refractivity contribution in [2.75, 3.05) is 44.2 Å². The van der Waals surface area contributed by atoms with Gasteiger partial charge in [0.1, 0.15) is 6.54 Å². The van der Waals surface area contributed by atoms with Crippen LogP contribution >= 0.6 is 11.6 Å². The summed E-state index contributed by atoms with van der Waals surface area (Å²) in [7, 11) is 0. The van der Waals surface area contributed by atoms with Crippen molar-refractivity contribution in [3.63, 3.8) is 0 Å². The molecule has 1 amide bonds. The van der Waals surface area contributed by atoms with Crippen LogP contribution in [0.5, 0.6) is 5.75 Å². The molecule has 0 radical (unpaired) electrons. The summed E-state index contributed by atoms with van der Waals surface area (Å²) < 4.78 is 5.18. The van der Waals surface area contributed by atoms with Crippen LogP contribution < -0.4 is 15.0 Å². The predicted molar refractivity (Wildman–Crippen MR) is 97.2 cm³/mol. The molecule has 0 aromatic heterocycles. The summed E-state index contributed by atoms with van der Waals surface area (Å²) in [5.74, 6) is -0.0194. The van der Waals surface area contributed by atoms with Crippen LogP contribution in [0.25, 0.3) is 0 Å². The van der Waals surface area contributed by atoms with Crippen molar-refractivity contribution in [2.45, 2.75) is 25.7 Å². The van der Waals surface area contributed by atoms with E-state index in [0.717, 1.165) is 19.4 Å². The third-order valence-electron chi connectivity index (χ3n) is 4.56. The maximum atomic E-state index is 12.2. The third kappa shape index (κ3) is 5.09. The van der Waals surface area contributed by atoms with Crippen molar-refractivity contribution in [3.05, 3.63) is 23.2 Å². The number of unbranched alkanes of at least 4 members (excludes halogenated alkanes) is 1. The average molecular weight is 366 g/mol. The fourth-order valence-electron chi connectivity index (χ4n) is 3.28. The van der Waals surface area contributed by atoms with Crippen LogP contribution in [0.1, 0.15) is 25.7 Å². The molecule has 1 aromatic rings. The van der Waals surface area contributed by atoms with Gasteiger partial charge in [0.25, 0.3) is 0 Å². The van der Waals surface area contributed by atoms with E-state index in [1.807, 2.05) is 0 Å². The summed E-state index contributed by atoms with van der Waals surface area (Å²) in [6.45, 7) is 4.36. The number of hydrogen-bond acceptors (Lipinski definition) is 5. The number of likely N-dealkylation sites (tertiary alicyclic amines) is 1. The lowest BCUT2D eigenvalue weighted by atomic mass is 10.2. The van der Waals surface area contributed by atoms with E-state index in [1.54, 1.807) is 23.1 Å². The number of hydrogen-bond donors (Lipinski definition) is 1. The number of benzene rings is 1. The minimum atomic E-state index is -0.367. The Bertz CT molecular complexity index is 632. The number of rotatable bonds is 7. The van der Waals surface area contributed by atoms with Crippen LogP contribution in [0.3, 0.4) is 0 Å². The van der Waals surface area contributed by atoms with Crippen molar-refractivity contribution in [2.24, 2.45) is 0 Å². The highest BCUT2D eigenvalue weighted by atomic mass is 35.5. The minimum Gasteiger partial charge on any atom is -0.423 e. The normalized spacial score (nSPS) is 17.3. The summed E-state index contributed by atoms with van der Waals surface area (Å²) in [4.78, 5) is 28.1. The van der Waals surface area contributed by atoms with Crippen molar-refractivity contribution in [1.29, 1.82) is 0 Å². The molecule has 2 aliphatic rings. The molecule has 0 atom stereocenters. The zero-order valence-corrected chi connectivity index (χ0v) is 15.1. The quantitative estimate of drug-likeness (QED) is 0.455. The highest BCUT2D eigenvalue weighted by molar-refractivity contribution is 6.31. The van der Waals surface area contributed by atoms with Gasteiger partial charge in [-0.05, 0) is 63.5 Å². The van der Waals surface area contributed by atoms with E-state index in [9.17, 15) is 9.59 Å². The minimum absolute atomic E-state index is 0.0513. The summed E-state index contributed by atoms with van der Waals surface area (Å²) in [5, 5.41) is 3.48. The molecule has 1 aromatic carbocycles. The molecule has 0 spiro atoms. The summed E-state index contributed by atoms with van der Waals surface area (Å²) >= 11 is 6.02. The maximum absolute atomic E-state index is 12.2. The van der Waals surface area contributed by atoms with Crippen LogP contribution in [0.2, 0.25) is 5.02 Å². The van der Waals surface area contributed by atoms with Gasteiger partial charge in [-0.3, -0.25) is 4.79 Å². The number of esters is 1. The van der Waals surface area contributed by atoms with Gasteiger partial charge in [0.2, 0.25) is 5.91 Å². The zero-order valence-electron chi connectivity index (χ0n) is 14.3. The van der Waals surface area contributed by atoms with Gasteiger partial charge in [-0.1, -0.05) is 11.6 Å². The van der Waals surface area contributed by atoms with E-state index >= 15 is 0 Å². The van der Waals surface area contributed by atoms with Crippen LogP contribution in [-0.4, -0.2) is 56.0 Å². The standard InChI is InChI=1S/C18H24ClN3O3/c19-14-5-6-16-15(11-14)22(13-18(24)25-16)12-17(23)20-7-1-2-8-21-9-3-4-10-21/h5-6,11H,1-4,7-10,12-13H2,(H,20,23). The summed E-state index contributed by atoms with van der Waals surface area (Å²) in [6.07, 6.45) is 4.67. The Morgan fingerprint density at radius 1 is 1.24 bits per heavy atom. The number of carbonyl (C=O) groups is 2. The number of halogens is 1. The Kier molecular flexibility index (Phi) is 6.15. The SMILES string of the molecule is O=C(CN1CC(=O)Oc2ccc(Cl)cc21)NCCCCN1CCCC1. The van der Waals surface area contributed by atoms with Gasteiger partial charge in [0, 0.05) is 11.6 Å². The van der Waals surface area contributed by atoms with Crippen molar-refractivity contribution in [1.82, 2.24) is 10.2 Å². The molecule has 1 fully saturated rings. The van der Waals surface area contributed by atoms with Gasteiger partial charge in [-0.15, -0.1) is 0 Å². The number of fused-ring (bicyclic) bond motifs is 1. The molecule has 25 heavy (non-hydrogen) atoms. The van der Waals surface area contributed by atoms with Gasteiger partial charge >= 0.3 is 5.97 Å². The third-order valence-corrected chi connectivity index (χ3v) is 4.80. The maximum Gasteiger partial charge on any atom is 0.331 e. The average Bonchev–Trinajstić information content (AvgIpc) is 3.08. The van der Waals surface area contributed by atoms with E-state index in [4.69, 9.17) is 16.3 Å². The van der Waals surface area contributed by atoms with Gasteiger partial charge in [-0.25, -0.2) is 4.79 Å². The zero-order chi connectivity index (χ0) is 17.6. The molecule has 1 N–H and O–H groups in total. The smallest absolute Gasteiger partial charge is 0.331 e. The number of anilines is 1. The van der Waals surface area contributed by atoms with Crippen LogP contribution in [0.15, 0.2) is 18.2 Å². The second kappa shape index (κ2) is 8.54. The lowest BCUT2D eigenvalue weighted by Crippen LogP contribution is -2.43. The number of nitrogens with zero attached hydrogens (tertiary/aromatic N) is 2. The second-order valence-electron chi connectivity index (χ2n) is 6.55. The van der Waals surface area contributed by atoms with Crippen LogP contribution in [0.4, 0.5) is 5.69 Å². The molecule has 2 aliphatic heterocycles. The second-order valence-corrected chi connectivity index (χ2v) is 6.98. The predicted octanol–water partition coefficient (Wildman–Crippen LogP) is 2.06. The lowest BCUT2D eigenvalue weighted by molar-refractivity contribution is -0.133. The van der Waals surface area contributed by atoms with Crippen molar-refractivity contribution >= 4 is 29.2 Å². The first kappa shape index (κ1) is 18.0. The van der Waals surface area contributed by atoms with Gasteiger partial charge in [0.15, 0.2) is 5.75 Å². The van der Waals surface area contributed by atoms with E-state index in [0.29, 0.717) is 23.0 Å². The van der Waals surface area contributed by atoms with Crippen molar-refractivity contribution in [3.8, 4) is 5.75 Å². The first-order chi connectivity index (χ1) is 12.1. The molecule has 2 heterocycles. The Balaban J connectivity index is 1.43. The number of carbonyl (C=O) groups excluding carboxylic acids is 2. The van der Waals surface area contributed by atoms with Gasteiger partial charge in [0.05, 0.1) is 12.2 Å². The van der Waals surface area contributed by atoms with E-state index in [2.05, 4.69) is 10.2 Å². The monoisotopic (exact) mass is 365 g/mol. The topological polar surface area (TPSA) is 61.9 Å². The van der Waals surface area contributed by atoms with Gasteiger partial charge in [-0.2, -0.15) is 0 Å². The molecule has 7 heteroatoms. The van der Waals surface area contributed by atoms with E-state index in [-0.39, 0.29) is 25.0 Å². The molecule has 0 saturated carbocycles. The molecular weight excluding hydrogens is 342 g/mol. The molecule has 136 valence electrons. The van der Waals surface area contributed by atoms with Gasteiger partial charge < -0.3 is 19.9 Å². The Morgan fingerprint density at radius 2 is 2.04 bits per heavy atom. The number of nitrogens with one attached hydrogen (secondary N) is 1. The number of amides is 1. The van der Waals surface area contributed by atoms with Crippen molar-refractivity contribution < 1.29 is 14.3 Å². The Labute approximate surface area is 153 Å². The first-order valence-corrected chi connectivity index (χ1v) is 9.24. The number of ether oxygens (including phenoxy) is 1.